The first-order valence-corrected chi connectivity index (χ1v) is 12.7. The summed E-state index contributed by atoms with van der Waals surface area (Å²) < 4.78 is 189. The van der Waals surface area contributed by atoms with E-state index in [4.69, 9.17) is 14.2 Å². The molecule has 0 aromatic heterocycles. The maximum atomic E-state index is 13.2. The van der Waals surface area contributed by atoms with Crippen LogP contribution in [0.2, 0.25) is 0 Å². The summed E-state index contributed by atoms with van der Waals surface area (Å²) in [5.74, 6) is -13.1. The van der Waals surface area contributed by atoms with Crippen LogP contribution in [0, 0.1) is 0 Å². The molecule has 2 aliphatic heterocycles. The van der Waals surface area contributed by atoms with Crippen molar-refractivity contribution in [3.8, 4) is 0 Å². The molecule has 0 unspecified atom stereocenters. The fraction of sp³-hybridized carbons (Fsp3) is 0.750. The third-order valence-electron chi connectivity index (χ3n) is 6.57. The second-order valence-electron chi connectivity index (χ2n) is 10.6. The summed E-state index contributed by atoms with van der Waals surface area (Å²) in [4.78, 5) is 46.6. The third kappa shape index (κ3) is 10.3. The minimum atomic E-state index is -6.07. The molecule has 270 valence electrons. The number of carbonyl (C=O) groups is 4. The molecule has 47 heavy (non-hydrogen) atoms. The summed E-state index contributed by atoms with van der Waals surface area (Å²) >= 11 is 0. The predicted octanol–water partition coefficient (Wildman–Crippen LogP) is 4.16. The summed E-state index contributed by atoms with van der Waals surface area (Å²) in [7, 11) is 0. The molecule has 0 spiro atoms. The van der Waals surface area contributed by atoms with Crippen molar-refractivity contribution in [3.63, 3.8) is 0 Å². The van der Waals surface area contributed by atoms with Crippen molar-refractivity contribution in [2.45, 2.75) is 106 Å². The lowest BCUT2D eigenvalue weighted by molar-refractivity contribution is -0.344. The van der Waals surface area contributed by atoms with E-state index in [2.05, 4.69) is 25.5 Å². The van der Waals surface area contributed by atoms with E-state index in [-0.39, 0.29) is 12.8 Å². The summed E-state index contributed by atoms with van der Waals surface area (Å²) in [5.41, 5.74) is -2.92. The molecule has 0 aliphatic carbocycles. The number of rotatable bonds is 9. The van der Waals surface area contributed by atoms with Gasteiger partial charge in [-0.3, -0.25) is 0 Å². The number of hydrogen-bond acceptors (Lipinski definition) is 11. The average Bonchev–Trinajstić information content (AvgIpc) is 3.31. The zero-order valence-corrected chi connectivity index (χ0v) is 23.9. The van der Waals surface area contributed by atoms with Gasteiger partial charge >= 0.3 is 48.6 Å². The van der Waals surface area contributed by atoms with E-state index >= 15 is 0 Å². The van der Waals surface area contributed by atoms with Gasteiger partial charge in [-0.1, -0.05) is 6.08 Å². The van der Waals surface area contributed by atoms with E-state index in [0.29, 0.717) is 0 Å². The summed E-state index contributed by atoms with van der Waals surface area (Å²) in [5, 5.41) is 0. The molecular weight excluding hydrogens is 692 g/mol. The maximum Gasteiger partial charge on any atom is 0.490 e. The van der Waals surface area contributed by atoms with Crippen LogP contribution in [0.1, 0.15) is 33.6 Å². The van der Waals surface area contributed by atoms with Crippen LogP contribution in [0.4, 0.5) is 52.7 Å². The van der Waals surface area contributed by atoms with Crippen LogP contribution in [0.3, 0.4) is 0 Å². The van der Waals surface area contributed by atoms with Gasteiger partial charge in [-0.25, -0.2) is 19.2 Å². The topological polar surface area (TPSA) is 133 Å². The average molecular weight is 716 g/mol. The van der Waals surface area contributed by atoms with E-state index in [1.54, 1.807) is 0 Å². The smallest absolute Gasteiger partial charge is 0.456 e. The Morgan fingerprint density at radius 3 is 1.57 bits per heavy atom. The van der Waals surface area contributed by atoms with Gasteiger partial charge in [0.05, 0.1) is 17.3 Å². The quantitative estimate of drug-likeness (QED) is 0.148. The molecule has 2 saturated heterocycles. The molecular formula is C24H24F12O11. The van der Waals surface area contributed by atoms with E-state index in [0.717, 1.165) is 13.8 Å². The molecule has 0 amide bonds. The summed E-state index contributed by atoms with van der Waals surface area (Å²) in [6.45, 7) is 5.37. The minimum absolute atomic E-state index is 0.0696. The molecule has 0 bridgehead atoms. The lowest BCUT2D eigenvalue weighted by atomic mass is 9.95. The number of alkyl halides is 12. The molecule has 2 fully saturated rings. The van der Waals surface area contributed by atoms with Gasteiger partial charge in [0.2, 0.25) is 0 Å². The van der Waals surface area contributed by atoms with Gasteiger partial charge in [-0.2, -0.15) is 52.7 Å². The Morgan fingerprint density at radius 2 is 1.17 bits per heavy atom. The highest BCUT2D eigenvalue weighted by Crippen LogP contribution is 2.41. The number of hydrogen-bond donors (Lipinski definition) is 0. The molecule has 11 nitrogen and oxygen atoms in total. The molecule has 0 radical (unpaired) electrons. The fourth-order valence-corrected chi connectivity index (χ4v) is 4.20. The second-order valence-corrected chi connectivity index (χ2v) is 10.6. The van der Waals surface area contributed by atoms with E-state index in [1.165, 1.54) is 13.0 Å². The molecule has 2 heterocycles. The van der Waals surface area contributed by atoms with Crippen LogP contribution in [0.15, 0.2) is 12.7 Å². The zero-order valence-electron chi connectivity index (χ0n) is 23.9. The molecule has 2 aliphatic rings. The predicted molar refractivity (Wildman–Crippen MR) is 121 cm³/mol. The van der Waals surface area contributed by atoms with Crippen LogP contribution in [-0.2, 0) is 52.3 Å². The Bertz CT molecular complexity index is 1190. The van der Waals surface area contributed by atoms with Gasteiger partial charge in [0.15, 0.2) is 24.6 Å². The Hall–Kier alpha value is -3.34. The molecule has 0 saturated carbocycles. The Balaban J connectivity index is 2.72. The first-order valence-electron chi connectivity index (χ1n) is 12.7. The Labute approximate surface area is 255 Å². The highest BCUT2D eigenvalue weighted by molar-refractivity contribution is 5.78. The van der Waals surface area contributed by atoms with Crippen LogP contribution >= 0.6 is 0 Å². The maximum absolute atomic E-state index is 13.2. The van der Waals surface area contributed by atoms with Crippen LogP contribution in [0.25, 0.3) is 0 Å². The van der Waals surface area contributed by atoms with Crippen molar-refractivity contribution in [2.75, 3.05) is 6.61 Å². The lowest BCUT2D eigenvalue weighted by Crippen LogP contribution is -2.65. The van der Waals surface area contributed by atoms with Crippen molar-refractivity contribution in [1.82, 2.24) is 0 Å². The standard InChI is InChI=1S/C24H24F12O11/c1-5-20(4)7-6-10(46-20)19(2,3)47-14-13(45-18(40)24(34,35)36)12(44-17(39)23(31,32)33)11(43-16(38)22(28,29)30)9(42-14)8-41-15(37)21(25,26)27/h5,9-14H,1,6-8H2,2-4H3/t9-,10+,11-,12+,13-,14+,20+/m1/s1. The Morgan fingerprint density at radius 1 is 0.745 bits per heavy atom. The normalized spacial score (nSPS) is 29.1. The van der Waals surface area contributed by atoms with Crippen molar-refractivity contribution >= 4 is 23.9 Å². The van der Waals surface area contributed by atoms with E-state index < -0.39 is 103 Å². The number of halogens is 12. The molecule has 0 aromatic rings. The van der Waals surface area contributed by atoms with Crippen molar-refractivity contribution < 1.29 is 105 Å². The fourth-order valence-electron chi connectivity index (χ4n) is 4.20. The van der Waals surface area contributed by atoms with Crippen molar-refractivity contribution in [2.24, 2.45) is 0 Å². The van der Waals surface area contributed by atoms with Gasteiger partial charge < -0.3 is 33.2 Å². The first-order chi connectivity index (χ1) is 21.0. The molecule has 2 rings (SSSR count). The van der Waals surface area contributed by atoms with Crippen molar-refractivity contribution in [3.05, 3.63) is 12.7 Å². The highest BCUT2D eigenvalue weighted by Gasteiger charge is 2.60. The summed E-state index contributed by atoms with van der Waals surface area (Å²) in [6, 6.07) is 0. The van der Waals surface area contributed by atoms with Crippen LogP contribution < -0.4 is 0 Å². The van der Waals surface area contributed by atoms with Gasteiger partial charge in [0.1, 0.15) is 12.7 Å². The third-order valence-corrected chi connectivity index (χ3v) is 6.57. The molecule has 7 atom stereocenters. The Kier molecular flexibility index (Phi) is 11.6. The van der Waals surface area contributed by atoms with Crippen molar-refractivity contribution in [1.29, 1.82) is 0 Å². The number of esters is 4. The monoisotopic (exact) mass is 716 g/mol. The lowest BCUT2D eigenvalue weighted by Gasteiger charge is -2.47. The van der Waals surface area contributed by atoms with Gasteiger partial charge in [-0.05, 0) is 33.6 Å². The van der Waals surface area contributed by atoms with Crippen LogP contribution in [-0.4, -0.2) is 103 Å². The van der Waals surface area contributed by atoms with Gasteiger partial charge in [0, 0.05) is 0 Å². The first kappa shape index (κ1) is 39.8. The van der Waals surface area contributed by atoms with Gasteiger partial charge in [0.25, 0.3) is 0 Å². The second kappa shape index (κ2) is 13.6. The molecule has 0 aromatic carbocycles. The molecule has 23 heteroatoms. The number of carbonyl (C=O) groups excluding carboxylic acids is 4. The van der Waals surface area contributed by atoms with E-state index in [1.807, 2.05) is 0 Å². The number of ether oxygens (including phenoxy) is 7. The SMILES string of the molecule is C=C[C@@]1(C)CC[C@@H](C(C)(C)O[C@@H]2O[C@H](COC(=O)C(F)(F)F)[C@@H](OC(=O)C(F)(F)F)[C@H](OC(=O)C(F)(F)F)[C@H]2OC(=O)C(F)(F)F)O1. The highest BCUT2D eigenvalue weighted by atomic mass is 19.4. The minimum Gasteiger partial charge on any atom is -0.456 e. The zero-order chi connectivity index (χ0) is 36.6. The largest absolute Gasteiger partial charge is 0.490 e. The van der Waals surface area contributed by atoms with Gasteiger partial charge in [-0.15, -0.1) is 6.58 Å². The summed E-state index contributed by atoms with van der Waals surface area (Å²) in [6.07, 6.45) is -38.9. The molecule has 0 N–H and O–H groups in total. The van der Waals surface area contributed by atoms with E-state index in [9.17, 15) is 71.9 Å². The van der Waals surface area contributed by atoms with Crippen LogP contribution in [0.5, 0.6) is 0 Å².